The molecule has 2 aliphatic heterocycles. The molecular formula is C7H8N2OS. The molecule has 1 amide bonds. The van der Waals surface area contributed by atoms with E-state index in [1.165, 1.54) is 11.2 Å². The average Bonchev–Trinajstić information content (AvgIpc) is 2.31. The summed E-state index contributed by atoms with van der Waals surface area (Å²) in [5.74, 6) is 0.0272. The average molecular weight is 168 g/mol. The number of carbonyl (C=O) groups excluding carboxylic acids is 1. The lowest BCUT2D eigenvalue weighted by Gasteiger charge is -2.16. The molecule has 0 radical (unpaired) electrons. The van der Waals surface area contributed by atoms with Crippen molar-refractivity contribution in [1.29, 1.82) is 0 Å². The predicted octanol–water partition coefficient (Wildman–Crippen LogP) is 0.737. The Morgan fingerprint density at radius 2 is 2.55 bits per heavy atom. The summed E-state index contributed by atoms with van der Waals surface area (Å²) in [5.41, 5.74) is 0. The maximum Gasteiger partial charge on any atom is 0.235 e. The molecule has 3 nitrogen and oxygen atoms in total. The molecule has 0 bridgehead atoms. The quantitative estimate of drug-likeness (QED) is 0.579. The molecule has 4 heteroatoms. The van der Waals surface area contributed by atoms with Crippen molar-refractivity contribution in [1.82, 2.24) is 5.32 Å². The number of hydrogen-bond acceptors (Lipinski definition) is 3. The van der Waals surface area contributed by atoms with Gasteiger partial charge in [0.25, 0.3) is 0 Å². The van der Waals surface area contributed by atoms with Gasteiger partial charge in [-0.1, -0.05) is 6.08 Å². The lowest BCUT2D eigenvalue weighted by Crippen LogP contribution is -2.36. The third-order valence-electron chi connectivity index (χ3n) is 1.76. The lowest BCUT2D eigenvalue weighted by molar-refractivity contribution is -0.122. The molecule has 1 N–H and O–H groups in total. The van der Waals surface area contributed by atoms with Gasteiger partial charge in [0, 0.05) is 0 Å². The van der Waals surface area contributed by atoms with Gasteiger partial charge in [-0.25, -0.2) is 0 Å². The minimum Gasteiger partial charge on any atom is -0.317 e. The minimum absolute atomic E-state index is 0.0370. The largest absolute Gasteiger partial charge is 0.317 e. The normalized spacial score (nSPS) is 34.6. The zero-order valence-electron chi connectivity index (χ0n) is 6.07. The summed E-state index contributed by atoms with van der Waals surface area (Å²) in [6.07, 6.45) is 3.46. The molecule has 0 aromatic carbocycles. The standard InChI is InChI=1S/C7H8N2OS/c1-4-2-5-6(10)8-3-9-7(5)11-4/h2-3,5,7H,1H3,(H,8,9,10)/t5-,7-/m0/s1. The van der Waals surface area contributed by atoms with Crippen LogP contribution in [0.3, 0.4) is 0 Å². The summed E-state index contributed by atoms with van der Waals surface area (Å²) in [6.45, 7) is 2.01. The first-order valence-electron chi connectivity index (χ1n) is 3.44. The number of thioether (sulfide) groups is 1. The van der Waals surface area contributed by atoms with Crippen molar-refractivity contribution in [3.05, 3.63) is 11.0 Å². The fourth-order valence-electron chi connectivity index (χ4n) is 1.24. The summed E-state index contributed by atoms with van der Waals surface area (Å²) < 4.78 is 0. The second-order valence-corrected chi connectivity index (χ2v) is 3.96. The molecule has 0 unspecified atom stereocenters. The minimum atomic E-state index is -0.0370. The maximum atomic E-state index is 11.2. The van der Waals surface area contributed by atoms with Gasteiger partial charge in [0.05, 0.1) is 12.3 Å². The number of rotatable bonds is 0. The highest BCUT2D eigenvalue weighted by Crippen LogP contribution is 2.37. The van der Waals surface area contributed by atoms with Crippen molar-refractivity contribution in [2.24, 2.45) is 10.9 Å². The Bertz CT molecular complexity index is 259. The van der Waals surface area contributed by atoms with Crippen LogP contribution in [0.1, 0.15) is 6.92 Å². The number of allylic oxidation sites excluding steroid dienone is 1. The van der Waals surface area contributed by atoms with Gasteiger partial charge in [0.2, 0.25) is 5.91 Å². The van der Waals surface area contributed by atoms with E-state index in [1.807, 2.05) is 13.0 Å². The Hall–Kier alpha value is -0.770. The number of amides is 1. The van der Waals surface area contributed by atoms with Crippen LogP contribution in [0.2, 0.25) is 0 Å². The lowest BCUT2D eigenvalue weighted by atomic mass is 10.1. The van der Waals surface area contributed by atoms with E-state index < -0.39 is 0 Å². The van der Waals surface area contributed by atoms with E-state index in [1.54, 1.807) is 11.8 Å². The van der Waals surface area contributed by atoms with Crippen LogP contribution in [0.15, 0.2) is 16.0 Å². The van der Waals surface area contributed by atoms with Crippen LogP contribution in [0.25, 0.3) is 0 Å². The second-order valence-electron chi connectivity index (χ2n) is 2.60. The second kappa shape index (κ2) is 2.37. The Kier molecular flexibility index (Phi) is 1.49. The van der Waals surface area contributed by atoms with Crippen molar-refractivity contribution < 1.29 is 4.79 Å². The van der Waals surface area contributed by atoms with Crippen molar-refractivity contribution in [2.75, 3.05) is 0 Å². The monoisotopic (exact) mass is 168 g/mol. The van der Waals surface area contributed by atoms with Gasteiger partial charge in [-0.15, -0.1) is 11.8 Å². The van der Waals surface area contributed by atoms with Gasteiger partial charge in [-0.05, 0) is 11.8 Å². The van der Waals surface area contributed by atoms with E-state index in [-0.39, 0.29) is 17.2 Å². The Labute approximate surface area is 69.0 Å². The summed E-state index contributed by atoms with van der Waals surface area (Å²) >= 11 is 1.66. The predicted molar refractivity (Wildman–Crippen MR) is 45.3 cm³/mol. The van der Waals surface area contributed by atoms with E-state index in [0.29, 0.717) is 0 Å². The molecular weight excluding hydrogens is 160 g/mol. The van der Waals surface area contributed by atoms with Crippen molar-refractivity contribution in [3.8, 4) is 0 Å². The van der Waals surface area contributed by atoms with Crippen LogP contribution < -0.4 is 5.32 Å². The molecule has 58 valence electrons. The molecule has 0 aromatic rings. The Morgan fingerprint density at radius 3 is 3.27 bits per heavy atom. The number of carbonyl (C=O) groups is 1. The van der Waals surface area contributed by atoms with Gasteiger partial charge in [-0.2, -0.15) is 0 Å². The van der Waals surface area contributed by atoms with Gasteiger partial charge in [0.1, 0.15) is 5.37 Å². The van der Waals surface area contributed by atoms with Crippen LogP contribution in [-0.4, -0.2) is 17.6 Å². The SMILES string of the molecule is CC1=C[C@H]2C(=O)NC=N[C@H]2S1. The zero-order chi connectivity index (χ0) is 7.84. The van der Waals surface area contributed by atoms with Crippen LogP contribution >= 0.6 is 11.8 Å². The van der Waals surface area contributed by atoms with Gasteiger partial charge >= 0.3 is 0 Å². The van der Waals surface area contributed by atoms with E-state index in [9.17, 15) is 4.79 Å². The van der Waals surface area contributed by atoms with Crippen molar-refractivity contribution >= 4 is 24.0 Å². The molecule has 11 heavy (non-hydrogen) atoms. The fourth-order valence-corrected chi connectivity index (χ4v) is 2.31. The third-order valence-corrected chi connectivity index (χ3v) is 2.92. The van der Waals surface area contributed by atoms with Crippen LogP contribution in [-0.2, 0) is 4.79 Å². The number of nitrogens with one attached hydrogen (secondary N) is 1. The highest BCUT2D eigenvalue weighted by Gasteiger charge is 2.33. The maximum absolute atomic E-state index is 11.2. The van der Waals surface area contributed by atoms with E-state index >= 15 is 0 Å². The molecule has 0 saturated carbocycles. The zero-order valence-corrected chi connectivity index (χ0v) is 6.89. The smallest absolute Gasteiger partial charge is 0.235 e. The number of hydrogen-bond donors (Lipinski definition) is 1. The molecule has 0 fully saturated rings. The van der Waals surface area contributed by atoms with E-state index in [4.69, 9.17) is 0 Å². The third kappa shape index (κ3) is 1.07. The van der Waals surface area contributed by atoms with Gasteiger partial charge in [0.15, 0.2) is 0 Å². The first-order valence-corrected chi connectivity index (χ1v) is 4.32. The van der Waals surface area contributed by atoms with E-state index in [2.05, 4.69) is 10.3 Å². The molecule has 2 heterocycles. The summed E-state index contributed by atoms with van der Waals surface area (Å²) in [4.78, 5) is 16.5. The number of aliphatic imine (C=N–C) groups is 1. The van der Waals surface area contributed by atoms with Gasteiger partial charge < -0.3 is 5.32 Å². The summed E-state index contributed by atoms with van der Waals surface area (Å²) in [7, 11) is 0. The first kappa shape index (κ1) is 6.91. The van der Waals surface area contributed by atoms with Crippen LogP contribution in [0, 0.1) is 5.92 Å². The number of nitrogens with zero attached hydrogens (tertiary/aromatic N) is 1. The van der Waals surface area contributed by atoms with Crippen LogP contribution in [0.5, 0.6) is 0 Å². The summed E-state index contributed by atoms with van der Waals surface area (Å²) in [6, 6.07) is 0. The van der Waals surface area contributed by atoms with Crippen molar-refractivity contribution in [2.45, 2.75) is 12.3 Å². The van der Waals surface area contributed by atoms with Crippen molar-refractivity contribution in [3.63, 3.8) is 0 Å². The molecule has 0 aliphatic carbocycles. The Balaban J connectivity index is 2.28. The first-order chi connectivity index (χ1) is 5.27. The molecule has 2 rings (SSSR count). The number of fused-ring (bicyclic) bond motifs is 1. The topological polar surface area (TPSA) is 41.5 Å². The van der Waals surface area contributed by atoms with Gasteiger partial charge in [-0.3, -0.25) is 9.79 Å². The highest BCUT2D eigenvalue weighted by atomic mass is 32.2. The molecule has 2 aliphatic rings. The molecule has 2 atom stereocenters. The van der Waals surface area contributed by atoms with Crippen LogP contribution in [0.4, 0.5) is 0 Å². The summed E-state index contributed by atoms with van der Waals surface area (Å²) in [5, 5.41) is 2.69. The Morgan fingerprint density at radius 1 is 1.73 bits per heavy atom. The molecule has 0 aromatic heterocycles. The fraction of sp³-hybridized carbons (Fsp3) is 0.429. The van der Waals surface area contributed by atoms with E-state index in [0.717, 1.165) is 0 Å². The molecule has 0 saturated heterocycles. The molecule has 0 spiro atoms. The highest BCUT2D eigenvalue weighted by molar-refractivity contribution is 8.03.